The van der Waals surface area contributed by atoms with E-state index in [9.17, 15) is 0 Å². The summed E-state index contributed by atoms with van der Waals surface area (Å²) in [6, 6.07) is 11.2. The number of nitrogens with two attached hydrogens (primary N) is 1. The molecule has 0 bridgehead atoms. The lowest BCUT2D eigenvalue weighted by Crippen LogP contribution is -2.46. The summed E-state index contributed by atoms with van der Waals surface area (Å²) in [7, 11) is 0. The predicted octanol–water partition coefficient (Wildman–Crippen LogP) is 1.97. The van der Waals surface area contributed by atoms with Crippen LogP contribution in [0.1, 0.15) is 38.2 Å². The molecule has 0 heterocycles. The molecule has 1 saturated carbocycles. The number of benzene rings is 1. The molecule has 1 aromatic rings. The average Bonchev–Trinajstić information content (AvgIpc) is 2.92. The fourth-order valence-electron chi connectivity index (χ4n) is 2.58. The minimum atomic E-state index is 0.304. The molecular formula is C15H24N4. The van der Waals surface area contributed by atoms with Crippen molar-refractivity contribution in [3.05, 3.63) is 35.9 Å². The van der Waals surface area contributed by atoms with Gasteiger partial charge < -0.3 is 5.32 Å². The number of hydrogen-bond donors (Lipinski definition) is 3. The van der Waals surface area contributed by atoms with Gasteiger partial charge in [0.25, 0.3) is 0 Å². The van der Waals surface area contributed by atoms with Crippen LogP contribution in [0.4, 0.5) is 0 Å². The Balaban J connectivity index is 1.87. The van der Waals surface area contributed by atoms with Crippen LogP contribution in [-0.4, -0.2) is 18.0 Å². The molecule has 2 rings (SSSR count). The van der Waals surface area contributed by atoms with Crippen molar-refractivity contribution < 1.29 is 0 Å². The molecule has 1 aliphatic rings. The average molecular weight is 260 g/mol. The molecular weight excluding hydrogens is 236 g/mol. The fraction of sp³-hybridized carbons (Fsp3) is 0.533. The second-order valence-corrected chi connectivity index (χ2v) is 5.30. The van der Waals surface area contributed by atoms with E-state index in [2.05, 4.69) is 46.9 Å². The molecule has 0 aliphatic heterocycles. The Morgan fingerprint density at radius 3 is 2.63 bits per heavy atom. The summed E-state index contributed by atoms with van der Waals surface area (Å²) >= 11 is 0. The number of guanidine groups is 1. The number of hydrazine groups is 1. The molecule has 4 nitrogen and oxygen atoms in total. The molecule has 19 heavy (non-hydrogen) atoms. The number of hydrogen-bond acceptors (Lipinski definition) is 2. The van der Waals surface area contributed by atoms with Crippen LogP contribution in [-0.2, 0) is 6.42 Å². The molecule has 1 aromatic carbocycles. The predicted molar refractivity (Wildman–Crippen MR) is 79.8 cm³/mol. The fourth-order valence-corrected chi connectivity index (χ4v) is 2.58. The van der Waals surface area contributed by atoms with Gasteiger partial charge in [-0.05, 0) is 31.7 Å². The van der Waals surface area contributed by atoms with Gasteiger partial charge in [-0.2, -0.15) is 0 Å². The highest BCUT2D eigenvalue weighted by atomic mass is 15.3. The molecule has 1 unspecified atom stereocenters. The summed E-state index contributed by atoms with van der Waals surface area (Å²) in [5.74, 6) is 6.27. The highest BCUT2D eigenvalue weighted by Crippen LogP contribution is 2.20. The minimum Gasteiger partial charge on any atom is -0.353 e. The van der Waals surface area contributed by atoms with Gasteiger partial charge in [0.15, 0.2) is 0 Å². The third kappa shape index (κ3) is 4.56. The smallest absolute Gasteiger partial charge is 0.206 e. The number of rotatable bonds is 4. The topological polar surface area (TPSA) is 62.4 Å². The molecule has 0 spiro atoms. The summed E-state index contributed by atoms with van der Waals surface area (Å²) in [6.45, 7) is 2.15. The van der Waals surface area contributed by atoms with E-state index < -0.39 is 0 Å². The Morgan fingerprint density at radius 1 is 1.32 bits per heavy atom. The molecule has 4 heteroatoms. The minimum absolute atomic E-state index is 0.304. The first kappa shape index (κ1) is 13.9. The van der Waals surface area contributed by atoms with Gasteiger partial charge >= 0.3 is 0 Å². The quantitative estimate of drug-likeness (QED) is 0.336. The standard InChI is InChI=1S/C15H24N4/c1-12(11-13-7-3-2-4-8-13)17-15(19-16)18-14-9-5-6-10-14/h2-4,7-8,12,14H,5-6,9-11,16H2,1H3,(H2,17,18,19). The van der Waals surface area contributed by atoms with Crippen molar-refractivity contribution in [2.45, 2.75) is 51.1 Å². The molecule has 0 saturated heterocycles. The molecule has 1 aliphatic carbocycles. The van der Waals surface area contributed by atoms with Crippen LogP contribution in [0.2, 0.25) is 0 Å². The van der Waals surface area contributed by atoms with Gasteiger partial charge in [0.05, 0.1) is 6.04 Å². The number of nitrogens with zero attached hydrogens (tertiary/aromatic N) is 1. The molecule has 104 valence electrons. The summed E-state index contributed by atoms with van der Waals surface area (Å²) in [5, 5.41) is 3.36. The maximum absolute atomic E-state index is 5.55. The Bertz CT molecular complexity index is 396. The van der Waals surface area contributed by atoms with Crippen molar-refractivity contribution in [3.63, 3.8) is 0 Å². The zero-order valence-corrected chi connectivity index (χ0v) is 11.6. The summed E-state index contributed by atoms with van der Waals surface area (Å²) in [4.78, 5) is 4.65. The van der Waals surface area contributed by atoms with Crippen molar-refractivity contribution in [2.24, 2.45) is 10.8 Å². The van der Waals surface area contributed by atoms with E-state index in [0.29, 0.717) is 12.1 Å². The third-order valence-electron chi connectivity index (χ3n) is 3.54. The maximum Gasteiger partial charge on any atom is 0.206 e. The van der Waals surface area contributed by atoms with Crippen LogP contribution in [0, 0.1) is 0 Å². The molecule has 0 amide bonds. The molecule has 0 radical (unpaired) electrons. The number of aliphatic imine (C=N–C) groups is 1. The van der Waals surface area contributed by atoms with E-state index in [1.807, 2.05) is 6.07 Å². The zero-order valence-electron chi connectivity index (χ0n) is 11.6. The molecule has 1 fully saturated rings. The van der Waals surface area contributed by atoms with Gasteiger partial charge in [0.1, 0.15) is 0 Å². The lowest BCUT2D eigenvalue weighted by molar-refractivity contribution is 0.625. The van der Waals surface area contributed by atoms with Crippen molar-refractivity contribution >= 4 is 5.96 Å². The number of nitrogens with one attached hydrogen (secondary N) is 2. The Kier molecular flexibility index (Phi) is 5.21. The lowest BCUT2D eigenvalue weighted by Gasteiger charge is -2.17. The first-order valence-corrected chi connectivity index (χ1v) is 7.13. The third-order valence-corrected chi connectivity index (χ3v) is 3.54. The largest absolute Gasteiger partial charge is 0.353 e. The van der Waals surface area contributed by atoms with Crippen molar-refractivity contribution in [1.29, 1.82) is 0 Å². The van der Waals surface area contributed by atoms with E-state index in [1.54, 1.807) is 0 Å². The van der Waals surface area contributed by atoms with E-state index in [-0.39, 0.29) is 0 Å². The highest BCUT2D eigenvalue weighted by molar-refractivity contribution is 5.79. The normalized spacial score (nSPS) is 18.3. The van der Waals surface area contributed by atoms with E-state index in [0.717, 1.165) is 12.4 Å². The van der Waals surface area contributed by atoms with Crippen LogP contribution in [0.5, 0.6) is 0 Å². The van der Waals surface area contributed by atoms with Gasteiger partial charge in [-0.15, -0.1) is 0 Å². The van der Waals surface area contributed by atoms with Gasteiger partial charge in [-0.3, -0.25) is 5.43 Å². The Morgan fingerprint density at radius 2 is 2.00 bits per heavy atom. The lowest BCUT2D eigenvalue weighted by atomic mass is 10.1. The monoisotopic (exact) mass is 260 g/mol. The van der Waals surface area contributed by atoms with Gasteiger partial charge in [-0.1, -0.05) is 43.2 Å². The molecule has 0 aromatic heterocycles. The van der Waals surface area contributed by atoms with Crippen molar-refractivity contribution in [1.82, 2.24) is 10.7 Å². The first-order valence-electron chi connectivity index (χ1n) is 7.13. The van der Waals surface area contributed by atoms with E-state index in [4.69, 9.17) is 5.84 Å². The Labute approximate surface area is 115 Å². The SMILES string of the molecule is CC(Cc1ccccc1)NC(=NC1CCCC1)NN. The zero-order chi connectivity index (χ0) is 13.5. The van der Waals surface area contributed by atoms with Crippen LogP contribution >= 0.6 is 0 Å². The molecule has 4 N–H and O–H groups in total. The summed E-state index contributed by atoms with van der Waals surface area (Å²) in [6.07, 6.45) is 5.89. The molecule has 1 atom stereocenters. The van der Waals surface area contributed by atoms with Crippen LogP contribution < -0.4 is 16.6 Å². The summed E-state index contributed by atoms with van der Waals surface area (Å²) < 4.78 is 0. The van der Waals surface area contributed by atoms with Crippen LogP contribution in [0.15, 0.2) is 35.3 Å². The van der Waals surface area contributed by atoms with Crippen molar-refractivity contribution in [2.75, 3.05) is 0 Å². The maximum atomic E-state index is 5.55. The van der Waals surface area contributed by atoms with Crippen molar-refractivity contribution in [3.8, 4) is 0 Å². The highest BCUT2D eigenvalue weighted by Gasteiger charge is 2.15. The van der Waals surface area contributed by atoms with Gasteiger partial charge in [-0.25, -0.2) is 10.8 Å². The second kappa shape index (κ2) is 7.14. The first-order chi connectivity index (χ1) is 9.28. The van der Waals surface area contributed by atoms with Gasteiger partial charge in [0, 0.05) is 6.04 Å². The second-order valence-electron chi connectivity index (χ2n) is 5.30. The van der Waals surface area contributed by atoms with E-state index in [1.165, 1.54) is 31.2 Å². The summed E-state index contributed by atoms with van der Waals surface area (Å²) in [5.41, 5.74) is 4.00. The van der Waals surface area contributed by atoms with Gasteiger partial charge in [0.2, 0.25) is 5.96 Å². The van der Waals surface area contributed by atoms with Crippen LogP contribution in [0.25, 0.3) is 0 Å². The van der Waals surface area contributed by atoms with Crippen LogP contribution in [0.3, 0.4) is 0 Å². The van der Waals surface area contributed by atoms with E-state index >= 15 is 0 Å². The Hall–Kier alpha value is -1.55.